The Morgan fingerprint density at radius 3 is 2.65 bits per heavy atom. The molecule has 0 bridgehead atoms. The molecule has 0 amide bonds. The Bertz CT molecular complexity index is 528. The predicted molar refractivity (Wildman–Crippen MR) is 67.7 cm³/mol. The van der Waals surface area contributed by atoms with E-state index < -0.39 is 0 Å². The van der Waals surface area contributed by atoms with Gasteiger partial charge in [0.1, 0.15) is 0 Å². The molecule has 0 aliphatic rings. The summed E-state index contributed by atoms with van der Waals surface area (Å²) in [7, 11) is 0. The monoisotopic (exact) mass is 230 g/mol. The van der Waals surface area contributed by atoms with E-state index in [9.17, 15) is 0 Å². The average Bonchev–Trinajstić information content (AvgIpc) is 2.58. The summed E-state index contributed by atoms with van der Waals surface area (Å²) < 4.78 is 2.01. The first-order valence-electron chi connectivity index (χ1n) is 5.77. The van der Waals surface area contributed by atoms with Crippen LogP contribution in [-0.4, -0.2) is 14.8 Å². The highest BCUT2D eigenvalue weighted by atomic mass is 15.3. The summed E-state index contributed by atoms with van der Waals surface area (Å²) in [6, 6.07) is 3.99. The quantitative estimate of drug-likeness (QED) is 0.873. The van der Waals surface area contributed by atoms with Crippen LogP contribution in [0.4, 0.5) is 0 Å². The Morgan fingerprint density at radius 2 is 2.06 bits per heavy atom. The third kappa shape index (κ3) is 2.22. The molecule has 2 aromatic heterocycles. The number of nitrogens with zero attached hydrogens (tertiary/aromatic N) is 3. The van der Waals surface area contributed by atoms with Crippen molar-refractivity contribution in [1.82, 2.24) is 14.8 Å². The molecule has 0 spiro atoms. The topological polar surface area (TPSA) is 56.7 Å². The Kier molecular flexibility index (Phi) is 3.24. The van der Waals surface area contributed by atoms with Gasteiger partial charge < -0.3 is 5.73 Å². The summed E-state index contributed by atoms with van der Waals surface area (Å²) in [6.45, 7) is 7.43. The second-order valence-electron chi connectivity index (χ2n) is 4.27. The number of aryl methyl sites for hydroxylation is 1. The summed E-state index contributed by atoms with van der Waals surface area (Å²) in [5.74, 6) is 0. The number of hydrogen-bond donors (Lipinski definition) is 1. The van der Waals surface area contributed by atoms with E-state index in [0.717, 1.165) is 23.5 Å². The van der Waals surface area contributed by atoms with Gasteiger partial charge in [-0.2, -0.15) is 5.10 Å². The van der Waals surface area contributed by atoms with E-state index in [1.807, 2.05) is 17.7 Å². The van der Waals surface area contributed by atoms with Gasteiger partial charge in [-0.25, -0.2) is 0 Å². The number of aromatic nitrogens is 3. The van der Waals surface area contributed by atoms with Crippen molar-refractivity contribution >= 4 is 0 Å². The maximum atomic E-state index is 5.69. The van der Waals surface area contributed by atoms with Gasteiger partial charge in [0.15, 0.2) is 0 Å². The molecule has 0 saturated carbocycles. The lowest BCUT2D eigenvalue weighted by molar-refractivity contribution is 0.650. The summed E-state index contributed by atoms with van der Waals surface area (Å²) >= 11 is 0. The van der Waals surface area contributed by atoms with E-state index in [0.29, 0.717) is 6.54 Å². The molecule has 0 unspecified atom stereocenters. The van der Waals surface area contributed by atoms with Gasteiger partial charge in [-0.05, 0) is 38.0 Å². The maximum absolute atomic E-state index is 5.69. The zero-order chi connectivity index (χ0) is 12.4. The van der Waals surface area contributed by atoms with Crippen LogP contribution >= 0.6 is 0 Å². The van der Waals surface area contributed by atoms with Crippen LogP contribution in [0.1, 0.15) is 28.2 Å². The third-order valence-corrected chi connectivity index (χ3v) is 3.24. The lowest BCUT2D eigenvalue weighted by Crippen LogP contribution is -2.10. The number of hydrogen-bond acceptors (Lipinski definition) is 3. The summed E-state index contributed by atoms with van der Waals surface area (Å²) in [4.78, 5) is 4.29. The summed E-state index contributed by atoms with van der Waals surface area (Å²) in [5.41, 5.74) is 11.3. The van der Waals surface area contributed by atoms with E-state index in [1.165, 1.54) is 11.3 Å². The normalized spacial score (nSPS) is 10.8. The molecule has 2 N–H and O–H groups in total. The molecule has 0 fully saturated rings. The molecule has 2 heterocycles. The van der Waals surface area contributed by atoms with E-state index in [2.05, 4.69) is 30.0 Å². The molecule has 4 nitrogen and oxygen atoms in total. The van der Waals surface area contributed by atoms with Crippen LogP contribution < -0.4 is 5.73 Å². The molecule has 0 atom stereocenters. The van der Waals surface area contributed by atoms with Crippen LogP contribution in [0.5, 0.6) is 0 Å². The van der Waals surface area contributed by atoms with Crippen molar-refractivity contribution in [2.24, 2.45) is 5.73 Å². The van der Waals surface area contributed by atoms with Crippen molar-refractivity contribution in [1.29, 1.82) is 0 Å². The minimum atomic E-state index is 0.467. The lowest BCUT2D eigenvalue weighted by atomic mass is 10.2. The molecule has 0 aliphatic heterocycles. The van der Waals surface area contributed by atoms with E-state index in [-0.39, 0.29) is 0 Å². The molecule has 2 rings (SSSR count). The van der Waals surface area contributed by atoms with Crippen molar-refractivity contribution < 1.29 is 0 Å². The smallest absolute Gasteiger partial charge is 0.0680 e. The number of nitrogens with two attached hydrogens (primary N) is 1. The van der Waals surface area contributed by atoms with Crippen molar-refractivity contribution in [2.75, 3.05) is 0 Å². The second kappa shape index (κ2) is 4.67. The van der Waals surface area contributed by atoms with Gasteiger partial charge in [-0.1, -0.05) is 6.07 Å². The fourth-order valence-corrected chi connectivity index (χ4v) is 1.90. The number of pyridine rings is 1. The van der Waals surface area contributed by atoms with Crippen LogP contribution in [0.2, 0.25) is 0 Å². The first-order valence-corrected chi connectivity index (χ1v) is 5.77. The van der Waals surface area contributed by atoms with Gasteiger partial charge in [0, 0.05) is 18.4 Å². The van der Waals surface area contributed by atoms with Gasteiger partial charge in [0.2, 0.25) is 0 Å². The van der Waals surface area contributed by atoms with E-state index >= 15 is 0 Å². The third-order valence-electron chi connectivity index (χ3n) is 3.24. The largest absolute Gasteiger partial charge is 0.325 e. The highest BCUT2D eigenvalue weighted by Crippen LogP contribution is 2.14. The van der Waals surface area contributed by atoms with Gasteiger partial charge in [0.25, 0.3) is 0 Å². The van der Waals surface area contributed by atoms with Crippen molar-refractivity contribution in [3.8, 4) is 0 Å². The molecular weight excluding hydrogens is 212 g/mol. The average molecular weight is 230 g/mol. The molecule has 0 aliphatic carbocycles. The van der Waals surface area contributed by atoms with Crippen LogP contribution in [0.15, 0.2) is 18.3 Å². The molecular formula is C13H18N4. The van der Waals surface area contributed by atoms with Crippen LogP contribution in [-0.2, 0) is 13.1 Å². The molecule has 0 radical (unpaired) electrons. The van der Waals surface area contributed by atoms with Crippen molar-refractivity contribution in [3.05, 3.63) is 46.5 Å². The number of rotatable bonds is 3. The minimum absolute atomic E-state index is 0.467. The Balaban J connectivity index is 2.34. The van der Waals surface area contributed by atoms with Crippen LogP contribution in [0.3, 0.4) is 0 Å². The summed E-state index contributed by atoms with van der Waals surface area (Å²) in [6.07, 6.45) is 1.78. The first-order chi connectivity index (χ1) is 8.13. The van der Waals surface area contributed by atoms with Crippen LogP contribution in [0.25, 0.3) is 0 Å². The van der Waals surface area contributed by atoms with Gasteiger partial charge in [-0.3, -0.25) is 9.67 Å². The van der Waals surface area contributed by atoms with E-state index in [4.69, 9.17) is 5.73 Å². The van der Waals surface area contributed by atoms with Crippen molar-refractivity contribution in [2.45, 2.75) is 33.9 Å². The fourth-order valence-electron chi connectivity index (χ4n) is 1.90. The molecule has 17 heavy (non-hydrogen) atoms. The molecule has 2 aromatic rings. The zero-order valence-electron chi connectivity index (χ0n) is 10.6. The highest BCUT2D eigenvalue weighted by molar-refractivity contribution is 5.25. The molecule has 0 saturated heterocycles. The zero-order valence-corrected chi connectivity index (χ0v) is 10.6. The van der Waals surface area contributed by atoms with Gasteiger partial charge in [0.05, 0.1) is 17.9 Å². The molecule has 0 aromatic carbocycles. The Morgan fingerprint density at radius 1 is 1.29 bits per heavy atom. The minimum Gasteiger partial charge on any atom is -0.325 e. The fraction of sp³-hybridized carbons (Fsp3) is 0.385. The highest BCUT2D eigenvalue weighted by Gasteiger charge is 2.09. The SMILES string of the molecule is Cc1nn(Cc2cccnc2CN)c(C)c1C. The Hall–Kier alpha value is -1.68. The first kappa shape index (κ1) is 11.8. The molecule has 4 heteroatoms. The van der Waals surface area contributed by atoms with E-state index in [1.54, 1.807) is 6.20 Å². The summed E-state index contributed by atoms with van der Waals surface area (Å²) in [5, 5.41) is 4.53. The lowest BCUT2D eigenvalue weighted by Gasteiger charge is -2.08. The second-order valence-corrected chi connectivity index (χ2v) is 4.27. The predicted octanol–water partition coefficient (Wildman–Crippen LogP) is 1.71. The maximum Gasteiger partial charge on any atom is 0.0680 e. The molecule has 90 valence electrons. The van der Waals surface area contributed by atoms with Gasteiger partial charge in [-0.15, -0.1) is 0 Å². The Labute approximate surface area is 101 Å². The van der Waals surface area contributed by atoms with Crippen LogP contribution in [0, 0.1) is 20.8 Å². The standard InChI is InChI=1S/C13H18N4/c1-9-10(2)16-17(11(9)3)8-12-5-4-6-15-13(12)7-14/h4-6H,7-8,14H2,1-3H3. The van der Waals surface area contributed by atoms with Gasteiger partial charge >= 0.3 is 0 Å². The van der Waals surface area contributed by atoms with Crippen molar-refractivity contribution in [3.63, 3.8) is 0 Å².